The third-order valence-corrected chi connectivity index (χ3v) is 2.95. The van der Waals surface area contributed by atoms with Crippen molar-refractivity contribution in [2.24, 2.45) is 5.92 Å². The van der Waals surface area contributed by atoms with Gasteiger partial charge in [0, 0.05) is 0 Å². The van der Waals surface area contributed by atoms with Crippen molar-refractivity contribution in [3.05, 3.63) is 35.4 Å². The Morgan fingerprint density at radius 2 is 1.76 bits per heavy atom. The molecule has 0 heterocycles. The van der Waals surface area contributed by atoms with Crippen LogP contribution in [0.5, 0.6) is 0 Å². The molecule has 0 fully saturated rings. The van der Waals surface area contributed by atoms with Gasteiger partial charge in [-0.2, -0.15) is 0 Å². The average molecular weight is 244 g/mol. The summed E-state index contributed by atoms with van der Waals surface area (Å²) in [6, 6.07) is 6.60. The Morgan fingerprint density at radius 3 is 2.24 bits per heavy atom. The zero-order valence-corrected chi connectivity index (χ0v) is 10.5. The maximum absolute atomic E-state index is 14.3. The molecular weight excluding hydrogens is 225 g/mol. The largest absolute Gasteiger partial charge is 0.276 e. The van der Waals surface area contributed by atoms with Crippen LogP contribution in [0.25, 0.3) is 0 Å². The molecule has 0 amide bonds. The number of alkyl halides is 3. The summed E-state index contributed by atoms with van der Waals surface area (Å²) < 4.78 is 40.2. The smallest absolute Gasteiger partial charge is 0.232 e. The van der Waals surface area contributed by atoms with Gasteiger partial charge < -0.3 is 0 Å². The van der Waals surface area contributed by atoms with Crippen LogP contribution in [-0.2, 0) is 12.1 Å². The van der Waals surface area contributed by atoms with Gasteiger partial charge in [-0.3, -0.25) is 0 Å². The Labute approximate surface area is 101 Å². The van der Waals surface area contributed by atoms with E-state index in [2.05, 4.69) is 0 Å². The quantitative estimate of drug-likeness (QED) is 0.702. The summed E-state index contributed by atoms with van der Waals surface area (Å²) in [5.74, 6) is 0.315. The first-order chi connectivity index (χ1) is 7.91. The molecule has 0 N–H and O–H groups in total. The summed E-state index contributed by atoms with van der Waals surface area (Å²) >= 11 is 0. The molecule has 1 unspecified atom stereocenters. The Morgan fingerprint density at radius 1 is 1.18 bits per heavy atom. The van der Waals surface area contributed by atoms with E-state index in [1.54, 1.807) is 18.2 Å². The van der Waals surface area contributed by atoms with E-state index in [4.69, 9.17) is 0 Å². The number of rotatable bonds is 5. The number of benzene rings is 1. The molecule has 17 heavy (non-hydrogen) atoms. The van der Waals surface area contributed by atoms with E-state index in [1.807, 2.05) is 13.8 Å². The molecule has 0 saturated carbocycles. The van der Waals surface area contributed by atoms with Crippen LogP contribution >= 0.6 is 0 Å². The second kappa shape index (κ2) is 5.56. The molecular formula is C14H19F3. The lowest BCUT2D eigenvalue weighted by Crippen LogP contribution is -2.30. The van der Waals surface area contributed by atoms with Crippen LogP contribution in [0.1, 0.15) is 38.3 Å². The first-order valence-corrected chi connectivity index (χ1v) is 5.97. The summed E-state index contributed by atoms with van der Waals surface area (Å²) in [4.78, 5) is 0. The molecule has 0 nitrogen and oxygen atoms in total. The van der Waals surface area contributed by atoms with Crippen molar-refractivity contribution in [3.63, 3.8) is 0 Å². The van der Waals surface area contributed by atoms with E-state index in [0.717, 1.165) is 0 Å². The topological polar surface area (TPSA) is 0 Å². The van der Waals surface area contributed by atoms with E-state index >= 15 is 0 Å². The van der Waals surface area contributed by atoms with Crippen molar-refractivity contribution >= 4 is 0 Å². The fourth-order valence-electron chi connectivity index (χ4n) is 2.01. The van der Waals surface area contributed by atoms with E-state index in [9.17, 15) is 13.2 Å². The lowest BCUT2D eigenvalue weighted by molar-refractivity contribution is -0.0423. The highest BCUT2D eigenvalue weighted by molar-refractivity contribution is 5.33. The molecule has 0 aliphatic heterocycles. The maximum Gasteiger partial charge on any atom is 0.276 e. The Bertz CT molecular complexity index is 360. The van der Waals surface area contributed by atoms with Crippen LogP contribution in [-0.4, -0.2) is 6.43 Å². The summed E-state index contributed by atoms with van der Waals surface area (Å²) in [6.07, 6.45) is -2.57. The molecule has 0 radical (unpaired) electrons. The predicted molar refractivity (Wildman–Crippen MR) is 64.1 cm³/mol. The van der Waals surface area contributed by atoms with Crippen molar-refractivity contribution in [2.45, 2.75) is 45.7 Å². The van der Waals surface area contributed by atoms with Crippen LogP contribution in [0, 0.1) is 5.92 Å². The van der Waals surface area contributed by atoms with Crippen molar-refractivity contribution in [1.82, 2.24) is 0 Å². The van der Waals surface area contributed by atoms with E-state index < -0.39 is 12.1 Å². The Hall–Kier alpha value is -0.990. The van der Waals surface area contributed by atoms with E-state index in [0.29, 0.717) is 17.9 Å². The first kappa shape index (κ1) is 14.1. The molecule has 0 aliphatic rings. The lowest BCUT2D eigenvalue weighted by Gasteiger charge is -2.26. The second-order valence-electron chi connectivity index (χ2n) is 4.77. The zero-order chi connectivity index (χ0) is 13.1. The van der Waals surface area contributed by atoms with Gasteiger partial charge in [0.25, 0.3) is 6.43 Å². The lowest BCUT2D eigenvalue weighted by atomic mass is 9.86. The minimum absolute atomic E-state index is 0.145. The monoisotopic (exact) mass is 244 g/mol. The minimum atomic E-state index is -2.99. The molecule has 0 aromatic heterocycles. The summed E-state index contributed by atoms with van der Waals surface area (Å²) in [6.45, 7) is 5.44. The number of hydrogen-bond donors (Lipinski definition) is 0. The van der Waals surface area contributed by atoms with Crippen molar-refractivity contribution in [1.29, 1.82) is 0 Å². The fraction of sp³-hybridized carbons (Fsp3) is 0.571. The van der Waals surface area contributed by atoms with Gasteiger partial charge in [-0.25, -0.2) is 13.2 Å². The molecule has 0 bridgehead atoms. The number of hydrogen-bond acceptors (Lipinski definition) is 0. The molecule has 1 aromatic rings. The normalized spacial score (nSPS) is 15.3. The van der Waals surface area contributed by atoms with Gasteiger partial charge in [-0.1, -0.05) is 45.0 Å². The van der Waals surface area contributed by atoms with Crippen LogP contribution in [0.2, 0.25) is 0 Å². The molecule has 96 valence electrons. The summed E-state index contributed by atoms with van der Waals surface area (Å²) in [5, 5.41) is 0. The van der Waals surface area contributed by atoms with E-state index in [-0.39, 0.29) is 12.0 Å². The molecule has 1 aromatic carbocycles. The fourth-order valence-corrected chi connectivity index (χ4v) is 2.01. The van der Waals surface area contributed by atoms with Gasteiger partial charge in [-0.05, 0) is 29.9 Å². The molecule has 0 saturated heterocycles. The van der Waals surface area contributed by atoms with Crippen LogP contribution in [0.4, 0.5) is 13.2 Å². The SMILES string of the molecule is CCC(F)(c1ccccc1CC(C)C)C(F)F. The predicted octanol–water partition coefficient (Wildman–Crippen LogP) is 4.73. The van der Waals surface area contributed by atoms with Crippen LogP contribution in [0.3, 0.4) is 0 Å². The highest BCUT2D eigenvalue weighted by Gasteiger charge is 2.41. The maximum atomic E-state index is 14.3. The van der Waals surface area contributed by atoms with Gasteiger partial charge >= 0.3 is 0 Å². The first-order valence-electron chi connectivity index (χ1n) is 5.97. The molecule has 1 atom stereocenters. The highest BCUT2D eigenvalue weighted by Crippen LogP contribution is 2.38. The zero-order valence-electron chi connectivity index (χ0n) is 10.5. The number of halogens is 3. The van der Waals surface area contributed by atoms with Gasteiger partial charge in [0.1, 0.15) is 0 Å². The third-order valence-electron chi connectivity index (χ3n) is 2.95. The van der Waals surface area contributed by atoms with Crippen LogP contribution < -0.4 is 0 Å². The molecule has 1 rings (SSSR count). The molecule has 0 spiro atoms. The highest BCUT2D eigenvalue weighted by atomic mass is 19.3. The summed E-state index contributed by atoms with van der Waals surface area (Å²) in [7, 11) is 0. The standard InChI is InChI=1S/C14H19F3/c1-4-14(17,13(15)16)12-8-6-5-7-11(12)9-10(2)3/h5-8,10,13H,4,9H2,1-3H3. The molecule has 0 aliphatic carbocycles. The van der Waals surface area contributed by atoms with Crippen molar-refractivity contribution in [3.8, 4) is 0 Å². The van der Waals surface area contributed by atoms with Crippen LogP contribution in [0.15, 0.2) is 24.3 Å². The summed E-state index contributed by atoms with van der Waals surface area (Å²) in [5.41, 5.74) is -1.69. The third kappa shape index (κ3) is 3.02. The average Bonchev–Trinajstić information content (AvgIpc) is 2.27. The molecule has 3 heteroatoms. The Balaban J connectivity index is 3.19. The van der Waals surface area contributed by atoms with E-state index in [1.165, 1.54) is 13.0 Å². The Kier molecular flexibility index (Phi) is 4.61. The van der Waals surface area contributed by atoms with Gasteiger partial charge in [0.2, 0.25) is 0 Å². The van der Waals surface area contributed by atoms with Gasteiger partial charge in [-0.15, -0.1) is 0 Å². The second-order valence-corrected chi connectivity index (χ2v) is 4.77. The van der Waals surface area contributed by atoms with Gasteiger partial charge in [0.05, 0.1) is 0 Å². The van der Waals surface area contributed by atoms with Crippen molar-refractivity contribution in [2.75, 3.05) is 0 Å². The van der Waals surface area contributed by atoms with Gasteiger partial charge in [0.15, 0.2) is 5.67 Å². The minimum Gasteiger partial charge on any atom is -0.232 e. The van der Waals surface area contributed by atoms with Crippen molar-refractivity contribution < 1.29 is 13.2 Å².